The number of aryl methyl sites for hydroxylation is 1. The zero-order chi connectivity index (χ0) is 15.5. The van der Waals surface area contributed by atoms with Gasteiger partial charge in [-0.3, -0.25) is 4.72 Å². The molecule has 21 heavy (non-hydrogen) atoms. The SMILES string of the molecule is Cc1cccc(F)c1NS(=O)(=O)Cc1ccccc1CN. The van der Waals surface area contributed by atoms with Gasteiger partial charge in [0.05, 0.1) is 11.4 Å². The van der Waals surface area contributed by atoms with E-state index in [4.69, 9.17) is 5.73 Å². The molecule has 0 fully saturated rings. The minimum absolute atomic E-state index is 0.0114. The van der Waals surface area contributed by atoms with Gasteiger partial charge in [-0.15, -0.1) is 0 Å². The van der Waals surface area contributed by atoms with Crippen molar-refractivity contribution in [3.8, 4) is 0 Å². The lowest BCUT2D eigenvalue weighted by Crippen LogP contribution is -2.18. The lowest BCUT2D eigenvalue weighted by atomic mass is 10.1. The van der Waals surface area contributed by atoms with Crippen molar-refractivity contribution in [1.29, 1.82) is 0 Å². The summed E-state index contributed by atoms with van der Waals surface area (Å²) >= 11 is 0. The fourth-order valence-electron chi connectivity index (χ4n) is 2.05. The van der Waals surface area contributed by atoms with Crippen LogP contribution in [0.1, 0.15) is 16.7 Å². The number of anilines is 1. The van der Waals surface area contributed by atoms with Crippen LogP contribution in [0.3, 0.4) is 0 Å². The van der Waals surface area contributed by atoms with Gasteiger partial charge in [-0.05, 0) is 29.7 Å². The molecule has 3 N–H and O–H groups in total. The van der Waals surface area contributed by atoms with Crippen molar-refractivity contribution < 1.29 is 12.8 Å². The first kappa shape index (κ1) is 15.5. The third-order valence-corrected chi connectivity index (χ3v) is 4.37. The van der Waals surface area contributed by atoms with E-state index in [9.17, 15) is 12.8 Å². The maximum atomic E-state index is 13.7. The number of para-hydroxylation sites is 1. The van der Waals surface area contributed by atoms with Gasteiger partial charge in [0.2, 0.25) is 10.0 Å². The van der Waals surface area contributed by atoms with Crippen LogP contribution in [0.5, 0.6) is 0 Å². The van der Waals surface area contributed by atoms with Crippen LogP contribution >= 0.6 is 0 Å². The predicted octanol–water partition coefficient (Wildman–Crippen LogP) is 2.53. The third-order valence-electron chi connectivity index (χ3n) is 3.16. The first-order valence-corrected chi connectivity index (χ1v) is 8.10. The van der Waals surface area contributed by atoms with Gasteiger partial charge in [0, 0.05) is 6.54 Å². The molecule has 0 bridgehead atoms. The molecule has 0 saturated carbocycles. The molecular weight excluding hydrogens is 291 g/mol. The average molecular weight is 308 g/mol. The van der Waals surface area contributed by atoms with Crippen LogP contribution in [0.15, 0.2) is 42.5 Å². The largest absolute Gasteiger partial charge is 0.326 e. The molecule has 0 amide bonds. The van der Waals surface area contributed by atoms with Gasteiger partial charge >= 0.3 is 0 Å². The molecule has 0 saturated heterocycles. The Kier molecular flexibility index (Phi) is 4.59. The minimum atomic E-state index is -3.71. The summed E-state index contributed by atoms with van der Waals surface area (Å²) < 4.78 is 40.5. The number of nitrogens with one attached hydrogen (secondary N) is 1. The molecule has 0 aliphatic heterocycles. The molecule has 0 spiro atoms. The summed E-state index contributed by atoms with van der Waals surface area (Å²) in [5.41, 5.74) is 7.49. The van der Waals surface area contributed by atoms with Crippen molar-refractivity contribution >= 4 is 15.7 Å². The van der Waals surface area contributed by atoms with Gasteiger partial charge in [-0.1, -0.05) is 36.4 Å². The second-order valence-corrected chi connectivity index (χ2v) is 6.49. The second-order valence-electron chi connectivity index (χ2n) is 4.77. The molecule has 2 rings (SSSR count). The summed E-state index contributed by atoms with van der Waals surface area (Å²) in [5.74, 6) is -0.834. The highest BCUT2D eigenvalue weighted by molar-refractivity contribution is 7.91. The van der Waals surface area contributed by atoms with Crippen molar-refractivity contribution in [3.63, 3.8) is 0 Å². The van der Waals surface area contributed by atoms with Crippen molar-refractivity contribution in [2.75, 3.05) is 4.72 Å². The van der Waals surface area contributed by atoms with E-state index in [1.54, 1.807) is 37.3 Å². The van der Waals surface area contributed by atoms with E-state index in [0.717, 1.165) is 5.56 Å². The van der Waals surface area contributed by atoms with Gasteiger partial charge in [0.1, 0.15) is 5.82 Å². The van der Waals surface area contributed by atoms with Crippen LogP contribution in [-0.4, -0.2) is 8.42 Å². The molecule has 0 aliphatic carbocycles. The highest BCUT2D eigenvalue weighted by Crippen LogP contribution is 2.22. The normalized spacial score (nSPS) is 11.4. The predicted molar refractivity (Wildman–Crippen MR) is 81.7 cm³/mol. The van der Waals surface area contributed by atoms with Crippen molar-refractivity contribution in [1.82, 2.24) is 0 Å². The molecule has 0 unspecified atom stereocenters. The standard InChI is InChI=1S/C15H17FN2O2S/c1-11-5-4-8-14(16)15(11)18-21(19,20)10-13-7-3-2-6-12(13)9-17/h2-8,18H,9-10,17H2,1H3. The van der Waals surface area contributed by atoms with Crippen LogP contribution in [0.4, 0.5) is 10.1 Å². The molecule has 0 aliphatic rings. The highest BCUT2D eigenvalue weighted by Gasteiger charge is 2.17. The van der Waals surface area contributed by atoms with Crippen LogP contribution < -0.4 is 10.5 Å². The Morgan fingerprint density at radius 1 is 1.10 bits per heavy atom. The van der Waals surface area contributed by atoms with E-state index in [0.29, 0.717) is 11.1 Å². The van der Waals surface area contributed by atoms with Gasteiger partial charge in [0.25, 0.3) is 0 Å². The Bertz CT molecular complexity index is 725. The summed E-state index contributed by atoms with van der Waals surface area (Å²) in [4.78, 5) is 0. The highest BCUT2D eigenvalue weighted by atomic mass is 32.2. The van der Waals surface area contributed by atoms with Crippen LogP contribution in [0, 0.1) is 12.7 Å². The fourth-order valence-corrected chi connectivity index (χ4v) is 3.39. The second kappa shape index (κ2) is 6.24. The van der Waals surface area contributed by atoms with Crippen molar-refractivity contribution in [2.45, 2.75) is 19.2 Å². The number of halogens is 1. The first-order valence-electron chi connectivity index (χ1n) is 6.45. The quantitative estimate of drug-likeness (QED) is 0.891. The molecule has 0 radical (unpaired) electrons. The molecule has 0 aromatic heterocycles. The summed E-state index contributed by atoms with van der Waals surface area (Å²) in [5, 5.41) is 0. The maximum Gasteiger partial charge on any atom is 0.237 e. The fraction of sp³-hybridized carbons (Fsp3) is 0.200. The van der Waals surface area contributed by atoms with Crippen molar-refractivity contribution in [3.05, 3.63) is 65.0 Å². The maximum absolute atomic E-state index is 13.7. The number of rotatable bonds is 5. The Morgan fingerprint density at radius 2 is 1.76 bits per heavy atom. The van der Waals surface area contributed by atoms with Gasteiger partial charge in [0.15, 0.2) is 0 Å². The van der Waals surface area contributed by atoms with Crippen LogP contribution in [-0.2, 0) is 22.3 Å². The molecule has 112 valence electrons. The summed E-state index contributed by atoms with van der Waals surface area (Å²) in [6.45, 7) is 1.90. The van der Waals surface area contributed by atoms with E-state index < -0.39 is 15.8 Å². The van der Waals surface area contributed by atoms with Crippen LogP contribution in [0.25, 0.3) is 0 Å². The van der Waals surface area contributed by atoms with E-state index in [1.807, 2.05) is 0 Å². The summed E-state index contributed by atoms with van der Waals surface area (Å²) in [7, 11) is -3.71. The smallest absolute Gasteiger partial charge is 0.237 e. The van der Waals surface area contributed by atoms with Crippen molar-refractivity contribution in [2.24, 2.45) is 5.73 Å². The zero-order valence-corrected chi connectivity index (χ0v) is 12.5. The van der Waals surface area contributed by atoms with Crippen LogP contribution in [0.2, 0.25) is 0 Å². The summed E-state index contributed by atoms with van der Waals surface area (Å²) in [6, 6.07) is 11.4. The number of hydrogen-bond donors (Lipinski definition) is 2. The first-order chi connectivity index (χ1) is 9.93. The van der Waals surface area contributed by atoms with E-state index in [-0.39, 0.29) is 18.0 Å². The third kappa shape index (κ3) is 3.80. The molecule has 0 atom stereocenters. The number of hydrogen-bond acceptors (Lipinski definition) is 3. The Labute approximate surface area is 123 Å². The van der Waals surface area contributed by atoms with E-state index in [1.165, 1.54) is 12.1 Å². The number of sulfonamides is 1. The Balaban J connectivity index is 2.27. The molecule has 2 aromatic rings. The topological polar surface area (TPSA) is 72.2 Å². The van der Waals surface area contributed by atoms with E-state index in [2.05, 4.69) is 4.72 Å². The van der Waals surface area contributed by atoms with Gasteiger partial charge in [-0.2, -0.15) is 0 Å². The van der Waals surface area contributed by atoms with Gasteiger partial charge < -0.3 is 5.73 Å². The molecule has 2 aromatic carbocycles. The van der Waals surface area contributed by atoms with Gasteiger partial charge in [-0.25, -0.2) is 12.8 Å². The number of nitrogens with two attached hydrogens (primary N) is 1. The minimum Gasteiger partial charge on any atom is -0.326 e. The molecule has 6 heteroatoms. The average Bonchev–Trinajstić information content (AvgIpc) is 2.43. The zero-order valence-electron chi connectivity index (χ0n) is 11.6. The molecular formula is C15H17FN2O2S. The lowest BCUT2D eigenvalue weighted by Gasteiger charge is -2.13. The number of benzene rings is 2. The molecule has 0 heterocycles. The lowest BCUT2D eigenvalue weighted by molar-refractivity contribution is 0.597. The summed E-state index contributed by atoms with van der Waals surface area (Å²) in [6.07, 6.45) is 0. The Morgan fingerprint density at radius 3 is 2.38 bits per heavy atom. The van der Waals surface area contributed by atoms with E-state index >= 15 is 0 Å². The molecule has 4 nitrogen and oxygen atoms in total. The monoisotopic (exact) mass is 308 g/mol. The Hall–Kier alpha value is -1.92.